The van der Waals surface area contributed by atoms with Gasteiger partial charge in [0.05, 0.1) is 22.7 Å². The summed E-state index contributed by atoms with van der Waals surface area (Å²) >= 11 is 1.36. The Morgan fingerprint density at radius 1 is 1.17 bits per heavy atom. The molecule has 0 atom stereocenters. The number of hydrogen-bond acceptors (Lipinski definition) is 7. The fourth-order valence-corrected chi connectivity index (χ4v) is 4.87. The maximum Gasteiger partial charge on any atom is 0.416 e. The minimum Gasteiger partial charge on any atom is -0.399 e. The van der Waals surface area contributed by atoms with Gasteiger partial charge in [0.1, 0.15) is 17.0 Å². The van der Waals surface area contributed by atoms with Gasteiger partial charge in [0.15, 0.2) is 0 Å². The van der Waals surface area contributed by atoms with Gasteiger partial charge in [-0.25, -0.2) is 9.97 Å². The van der Waals surface area contributed by atoms with E-state index in [2.05, 4.69) is 15.3 Å². The van der Waals surface area contributed by atoms with Crippen LogP contribution in [-0.4, -0.2) is 26.3 Å². The standard InChI is InChI=1S/C20H21F3N4O2S/c21-20(22,23)12-5-11(6-13(24)7-12)9-25-17-15-8-16(30-18(15)27-10-26-17)19(29)3-1-14(28)2-4-19/h5-8,10,14,28-29H,1-4,9,24H2,(H,25,26,27). The molecule has 1 saturated carbocycles. The molecule has 0 aliphatic heterocycles. The number of nitrogens with two attached hydrogens (primary N) is 1. The van der Waals surface area contributed by atoms with Crippen LogP contribution in [0.1, 0.15) is 41.7 Å². The maximum absolute atomic E-state index is 13.0. The zero-order valence-electron chi connectivity index (χ0n) is 15.9. The third-order valence-corrected chi connectivity index (χ3v) is 6.61. The number of thiophene rings is 1. The van der Waals surface area contributed by atoms with Crippen LogP contribution in [0.15, 0.2) is 30.6 Å². The molecule has 0 radical (unpaired) electrons. The van der Waals surface area contributed by atoms with Crippen molar-refractivity contribution in [3.05, 3.63) is 46.6 Å². The van der Waals surface area contributed by atoms with Crippen molar-refractivity contribution in [1.82, 2.24) is 9.97 Å². The lowest BCUT2D eigenvalue weighted by Crippen LogP contribution is -2.32. The molecule has 160 valence electrons. The van der Waals surface area contributed by atoms with Crippen LogP contribution in [0, 0.1) is 0 Å². The van der Waals surface area contributed by atoms with Gasteiger partial charge in [0.2, 0.25) is 0 Å². The summed E-state index contributed by atoms with van der Waals surface area (Å²) in [6, 6.07) is 5.26. The number of fused-ring (bicyclic) bond motifs is 1. The first kappa shape index (κ1) is 20.8. The predicted molar refractivity (Wildman–Crippen MR) is 109 cm³/mol. The normalized spacial score (nSPS) is 22.4. The van der Waals surface area contributed by atoms with Gasteiger partial charge in [0.25, 0.3) is 0 Å². The van der Waals surface area contributed by atoms with E-state index >= 15 is 0 Å². The van der Waals surface area contributed by atoms with Crippen LogP contribution in [0.5, 0.6) is 0 Å². The molecule has 30 heavy (non-hydrogen) atoms. The van der Waals surface area contributed by atoms with E-state index in [4.69, 9.17) is 5.73 Å². The van der Waals surface area contributed by atoms with Crippen LogP contribution in [-0.2, 0) is 18.3 Å². The van der Waals surface area contributed by atoms with Gasteiger partial charge < -0.3 is 21.3 Å². The van der Waals surface area contributed by atoms with E-state index in [1.807, 2.05) is 6.07 Å². The molecule has 2 heterocycles. The molecule has 1 aliphatic rings. The number of halogens is 3. The summed E-state index contributed by atoms with van der Waals surface area (Å²) in [5.41, 5.74) is 4.23. The summed E-state index contributed by atoms with van der Waals surface area (Å²) in [5.74, 6) is 0.470. The van der Waals surface area contributed by atoms with Crippen molar-refractivity contribution < 1.29 is 23.4 Å². The lowest BCUT2D eigenvalue weighted by molar-refractivity contribution is -0.137. The van der Waals surface area contributed by atoms with Gasteiger partial charge in [-0.15, -0.1) is 11.3 Å². The number of alkyl halides is 3. The fraction of sp³-hybridized carbons (Fsp3) is 0.400. The number of anilines is 2. The molecule has 10 heteroatoms. The number of benzene rings is 1. The van der Waals surface area contributed by atoms with Gasteiger partial charge in [-0.05, 0) is 55.5 Å². The molecule has 2 aromatic heterocycles. The Morgan fingerprint density at radius 3 is 2.60 bits per heavy atom. The van der Waals surface area contributed by atoms with Gasteiger partial charge in [-0.1, -0.05) is 0 Å². The lowest BCUT2D eigenvalue weighted by Gasteiger charge is -2.33. The molecule has 0 saturated heterocycles. The minimum atomic E-state index is -4.47. The quantitative estimate of drug-likeness (QED) is 0.459. The SMILES string of the molecule is Nc1cc(CNc2ncnc3sc(C4(O)CCC(O)CC4)cc23)cc(C(F)(F)F)c1. The first-order chi connectivity index (χ1) is 14.1. The second-order valence-corrected chi connectivity index (χ2v) is 8.66. The van der Waals surface area contributed by atoms with Crippen molar-refractivity contribution in [2.24, 2.45) is 0 Å². The number of nitrogens with zero attached hydrogens (tertiary/aromatic N) is 2. The highest BCUT2D eigenvalue weighted by Crippen LogP contribution is 2.42. The van der Waals surface area contributed by atoms with Crippen molar-refractivity contribution in [2.75, 3.05) is 11.1 Å². The second kappa shape index (κ2) is 7.68. The van der Waals surface area contributed by atoms with Crippen molar-refractivity contribution in [1.29, 1.82) is 0 Å². The number of rotatable bonds is 4. The third kappa shape index (κ3) is 4.21. The number of nitrogens with one attached hydrogen (secondary N) is 1. The zero-order valence-corrected chi connectivity index (χ0v) is 16.7. The van der Waals surface area contributed by atoms with E-state index in [1.165, 1.54) is 23.7 Å². The average molecular weight is 438 g/mol. The third-order valence-electron chi connectivity index (χ3n) is 5.37. The van der Waals surface area contributed by atoms with Crippen LogP contribution in [0.25, 0.3) is 10.2 Å². The van der Waals surface area contributed by atoms with Gasteiger partial charge in [-0.2, -0.15) is 13.2 Å². The molecule has 0 spiro atoms. The number of aliphatic hydroxyl groups excluding tert-OH is 1. The van der Waals surface area contributed by atoms with Crippen molar-refractivity contribution in [3.63, 3.8) is 0 Å². The van der Waals surface area contributed by atoms with Crippen LogP contribution >= 0.6 is 11.3 Å². The first-order valence-electron chi connectivity index (χ1n) is 9.50. The van der Waals surface area contributed by atoms with Crippen molar-refractivity contribution in [3.8, 4) is 0 Å². The molecule has 0 unspecified atom stereocenters. The number of aromatic nitrogens is 2. The highest BCUT2D eigenvalue weighted by Gasteiger charge is 2.36. The van der Waals surface area contributed by atoms with Gasteiger partial charge >= 0.3 is 6.18 Å². The molecule has 6 nitrogen and oxygen atoms in total. The molecule has 1 aliphatic carbocycles. The van der Waals surface area contributed by atoms with E-state index in [0.717, 1.165) is 17.0 Å². The number of nitrogen functional groups attached to an aromatic ring is 1. The Hall–Kier alpha value is -2.43. The summed E-state index contributed by atoms with van der Waals surface area (Å²) in [6.45, 7) is 0.0991. The Kier molecular flexibility index (Phi) is 5.33. The number of aliphatic hydroxyl groups is 2. The first-order valence-corrected chi connectivity index (χ1v) is 10.3. The van der Waals surface area contributed by atoms with E-state index in [0.29, 0.717) is 47.3 Å². The van der Waals surface area contributed by atoms with Crippen LogP contribution in [0.3, 0.4) is 0 Å². The molecule has 3 aromatic rings. The summed E-state index contributed by atoms with van der Waals surface area (Å²) in [5, 5.41) is 24.5. The molecule has 5 N–H and O–H groups in total. The molecular formula is C20H21F3N4O2S. The molecule has 0 bridgehead atoms. The second-order valence-electron chi connectivity index (χ2n) is 7.63. The van der Waals surface area contributed by atoms with Crippen LogP contribution in [0.4, 0.5) is 24.7 Å². The van der Waals surface area contributed by atoms with E-state index in [-0.39, 0.29) is 12.2 Å². The average Bonchev–Trinajstić information content (AvgIpc) is 3.13. The molecule has 4 rings (SSSR count). The fourth-order valence-electron chi connectivity index (χ4n) is 3.72. The molecule has 1 aromatic carbocycles. The van der Waals surface area contributed by atoms with Crippen LogP contribution in [0.2, 0.25) is 0 Å². The lowest BCUT2D eigenvalue weighted by atomic mass is 9.82. The Bertz CT molecular complexity index is 1060. The maximum atomic E-state index is 13.0. The molecule has 0 amide bonds. The summed E-state index contributed by atoms with van der Waals surface area (Å²) in [6.07, 6.45) is -1.52. The Labute approximate surface area is 174 Å². The van der Waals surface area contributed by atoms with E-state index < -0.39 is 23.4 Å². The zero-order chi connectivity index (χ0) is 21.5. The van der Waals surface area contributed by atoms with Crippen LogP contribution < -0.4 is 11.1 Å². The summed E-state index contributed by atoms with van der Waals surface area (Å²) in [7, 11) is 0. The predicted octanol–water partition coefficient (Wildman–Crippen LogP) is 4.03. The summed E-state index contributed by atoms with van der Waals surface area (Å²) in [4.78, 5) is 9.89. The molecular weight excluding hydrogens is 417 g/mol. The largest absolute Gasteiger partial charge is 0.416 e. The monoisotopic (exact) mass is 438 g/mol. The number of hydrogen-bond donors (Lipinski definition) is 4. The highest BCUT2D eigenvalue weighted by molar-refractivity contribution is 7.18. The highest BCUT2D eigenvalue weighted by atomic mass is 32.1. The van der Waals surface area contributed by atoms with Crippen molar-refractivity contribution >= 4 is 33.1 Å². The van der Waals surface area contributed by atoms with Gasteiger partial charge in [0, 0.05) is 17.1 Å². The van der Waals surface area contributed by atoms with Crippen molar-refractivity contribution in [2.45, 2.75) is 50.1 Å². The Balaban J connectivity index is 1.59. The van der Waals surface area contributed by atoms with E-state index in [9.17, 15) is 23.4 Å². The topological polar surface area (TPSA) is 104 Å². The Morgan fingerprint density at radius 2 is 1.90 bits per heavy atom. The smallest absolute Gasteiger partial charge is 0.399 e. The molecule has 1 fully saturated rings. The van der Waals surface area contributed by atoms with E-state index in [1.54, 1.807) is 0 Å². The minimum absolute atomic E-state index is 0.0361. The summed E-state index contributed by atoms with van der Waals surface area (Å²) < 4.78 is 39.1. The van der Waals surface area contributed by atoms with Gasteiger partial charge in [-0.3, -0.25) is 0 Å².